The van der Waals surface area contributed by atoms with Gasteiger partial charge in [0.05, 0.1) is 6.61 Å². The lowest BCUT2D eigenvalue weighted by Crippen LogP contribution is -2.19. The molecule has 0 spiro atoms. The monoisotopic (exact) mass is 308 g/mol. The van der Waals surface area contributed by atoms with Crippen molar-refractivity contribution < 1.29 is 9.47 Å². The maximum absolute atomic E-state index is 6.19. The highest BCUT2D eigenvalue weighted by atomic mass is 16.5. The van der Waals surface area contributed by atoms with Gasteiger partial charge in [-0.3, -0.25) is 0 Å². The molecule has 0 amide bonds. The summed E-state index contributed by atoms with van der Waals surface area (Å²) in [5, 5.41) is 3.34. The van der Waals surface area contributed by atoms with Crippen LogP contribution in [0, 0.1) is 5.92 Å². The van der Waals surface area contributed by atoms with Crippen molar-refractivity contribution in [1.29, 1.82) is 0 Å². The second kappa shape index (κ2) is 7.63. The molecule has 0 saturated carbocycles. The van der Waals surface area contributed by atoms with Gasteiger partial charge in [-0.2, -0.15) is 4.98 Å². The van der Waals surface area contributed by atoms with Crippen molar-refractivity contribution in [3.8, 4) is 5.88 Å². The van der Waals surface area contributed by atoms with E-state index >= 15 is 0 Å². The molecule has 1 aliphatic rings. The fourth-order valence-electron chi connectivity index (χ4n) is 2.19. The van der Waals surface area contributed by atoms with Crippen LogP contribution in [0.4, 0.5) is 11.5 Å². The Hall–Kier alpha value is -1.56. The van der Waals surface area contributed by atoms with Crippen molar-refractivity contribution in [2.75, 3.05) is 24.3 Å². The first-order valence-electron chi connectivity index (χ1n) is 8.19. The first kappa shape index (κ1) is 16.8. The predicted molar refractivity (Wildman–Crippen MR) is 88.1 cm³/mol. The Morgan fingerprint density at radius 3 is 2.73 bits per heavy atom. The molecule has 0 aromatic carbocycles. The van der Waals surface area contributed by atoms with Crippen LogP contribution in [0.3, 0.4) is 0 Å². The van der Waals surface area contributed by atoms with Crippen molar-refractivity contribution in [2.24, 2.45) is 5.92 Å². The van der Waals surface area contributed by atoms with E-state index in [1.165, 1.54) is 0 Å². The van der Waals surface area contributed by atoms with Gasteiger partial charge < -0.3 is 20.5 Å². The van der Waals surface area contributed by atoms with E-state index in [2.05, 4.69) is 43.0 Å². The number of rotatable bonds is 7. The molecule has 6 heteroatoms. The molecular formula is C16H28N4O2. The summed E-state index contributed by atoms with van der Waals surface area (Å²) < 4.78 is 11.5. The summed E-state index contributed by atoms with van der Waals surface area (Å²) in [5.41, 5.74) is 6.66. The molecule has 3 N–H and O–H groups in total. The number of nitrogens with one attached hydrogen (secondary N) is 1. The van der Waals surface area contributed by atoms with E-state index in [0.29, 0.717) is 35.7 Å². The third-order valence-electron chi connectivity index (χ3n) is 3.69. The number of nitrogens with zero attached hydrogens (tertiary/aromatic N) is 2. The topological polar surface area (TPSA) is 82.3 Å². The van der Waals surface area contributed by atoms with Crippen molar-refractivity contribution in [2.45, 2.75) is 59.1 Å². The third kappa shape index (κ3) is 4.22. The SMILES string of the molecule is CCC(C)Nc1nc(C2CCCO2)nc(OCC(C)C)c1N. The number of nitrogen functional groups attached to an aromatic ring is 1. The van der Waals surface area contributed by atoms with Crippen LogP contribution in [0.1, 0.15) is 58.9 Å². The minimum absolute atomic E-state index is 0.0560. The van der Waals surface area contributed by atoms with Crippen LogP contribution in [0.2, 0.25) is 0 Å². The largest absolute Gasteiger partial charge is 0.476 e. The maximum Gasteiger partial charge on any atom is 0.242 e. The minimum atomic E-state index is -0.0560. The zero-order valence-corrected chi connectivity index (χ0v) is 14.1. The number of hydrogen-bond acceptors (Lipinski definition) is 6. The van der Waals surface area contributed by atoms with Gasteiger partial charge in [0, 0.05) is 12.6 Å². The average molecular weight is 308 g/mol. The Morgan fingerprint density at radius 2 is 2.14 bits per heavy atom. The summed E-state index contributed by atoms with van der Waals surface area (Å²) in [7, 11) is 0. The molecule has 1 fully saturated rings. The third-order valence-corrected chi connectivity index (χ3v) is 3.69. The van der Waals surface area contributed by atoms with Crippen molar-refractivity contribution in [3.05, 3.63) is 5.82 Å². The highest BCUT2D eigenvalue weighted by molar-refractivity contribution is 5.67. The molecule has 2 heterocycles. The smallest absolute Gasteiger partial charge is 0.242 e. The molecule has 2 rings (SSSR count). The summed E-state index contributed by atoms with van der Waals surface area (Å²) in [6.45, 7) is 9.74. The molecule has 1 saturated heterocycles. The van der Waals surface area contributed by atoms with Crippen molar-refractivity contribution in [1.82, 2.24) is 9.97 Å². The standard InChI is InChI=1S/C16H28N4O2/c1-5-11(4)18-15-13(17)16(22-9-10(2)3)20-14(19-15)12-7-6-8-21-12/h10-12H,5-9,17H2,1-4H3,(H,18,19,20). The molecular weight excluding hydrogens is 280 g/mol. The Kier molecular flexibility index (Phi) is 5.83. The van der Waals surface area contributed by atoms with E-state index < -0.39 is 0 Å². The van der Waals surface area contributed by atoms with Crippen molar-refractivity contribution in [3.63, 3.8) is 0 Å². The molecule has 2 atom stereocenters. The summed E-state index contributed by atoms with van der Waals surface area (Å²) in [5.74, 6) is 2.18. The van der Waals surface area contributed by atoms with Crippen LogP contribution < -0.4 is 15.8 Å². The molecule has 22 heavy (non-hydrogen) atoms. The zero-order valence-electron chi connectivity index (χ0n) is 14.1. The van der Waals surface area contributed by atoms with Crippen molar-refractivity contribution >= 4 is 11.5 Å². The highest BCUT2D eigenvalue weighted by Gasteiger charge is 2.24. The fraction of sp³-hybridized carbons (Fsp3) is 0.750. The second-order valence-corrected chi connectivity index (χ2v) is 6.31. The lowest BCUT2D eigenvalue weighted by molar-refractivity contribution is 0.104. The zero-order chi connectivity index (χ0) is 16.1. The average Bonchev–Trinajstić information content (AvgIpc) is 3.02. The summed E-state index contributed by atoms with van der Waals surface area (Å²) in [4.78, 5) is 9.07. The first-order valence-corrected chi connectivity index (χ1v) is 8.19. The van der Waals surface area contributed by atoms with Gasteiger partial charge in [0.2, 0.25) is 5.88 Å². The van der Waals surface area contributed by atoms with E-state index in [0.717, 1.165) is 25.9 Å². The van der Waals surface area contributed by atoms with Crippen LogP contribution >= 0.6 is 0 Å². The Bertz CT molecular complexity index is 487. The summed E-state index contributed by atoms with van der Waals surface area (Å²) in [6.07, 6.45) is 2.91. The normalized spacial score (nSPS) is 19.4. The van der Waals surface area contributed by atoms with Gasteiger partial charge in [0.15, 0.2) is 11.6 Å². The Morgan fingerprint density at radius 1 is 1.36 bits per heavy atom. The maximum atomic E-state index is 6.19. The first-order chi connectivity index (χ1) is 10.5. The van der Waals surface area contributed by atoms with Gasteiger partial charge in [-0.1, -0.05) is 20.8 Å². The van der Waals surface area contributed by atoms with Gasteiger partial charge in [-0.15, -0.1) is 0 Å². The van der Waals surface area contributed by atoms with Crippen LogP contribution in [-0.4, -0.2) is 29.2 Å². The molecule has 0 bridgehead atoms. The van der Waals surface area contributed by atoms with Gasteiger partial charge in [-0.25, -0.2) is 4.98 Å². The van der Waals surface area contributed by atoms with Crippen LogP contribution in [0.25, 0.3) is 0 Å². The number of aromatic nitrogens is 2. The molecule has 1 aliphatic heterocycles. The lowest BCUT2D eigenvalue weighted by atomic mass is 10.2. The van der Waals surface area contributed by atoms with E-state index in [1.807, 2.05) is 0 Å². The van der Waals surface area contributed by atoms with Crippen LogP contribution in [-0.2, 0) is 4.74 Å². The van der Waals surface area contributed by atoms with Gasteiger partial charge in [-0.05, 0) is 32.1 Å². The summed E-state index contributed by atoms with van der Waals surface area (Å²) >= 11 is 0. The highest BCUT2D eigenvalue weighted by Crippen LogP contribution is 2.33. The molecule has 2 unspecified atom stereocenters. The molecule has 0 radical (unpaired) electrons. The quantitative estimate of drug-likeness (QED) is 0.805. The molecule has 1 aromatic rings. The molecule has 6 nitrogen and oxygen atoms in total. The number of hydrogen-bond donors (Lipinski definition) is 2. The minimum Gasteiger partial charge on any atom is -0.476 e. The van der Waals surface area contributed by atoms with Gasteiger partial charge in [0.1, 0.15) is 11.8 Å². The van der Waals surface area contributed by atoms with Gasteiger partial charge >= 0.3 is 0 Å². The van der Waals surface area contributed by atoms with E-state index in [4.69, 9.17) is 15.2 Å². The molecule has 0 aliphatic carbocycles. The Labute approximate surface area is 132 Å². The number of anilines is 2. The van der Waals surface area contributed by atoms with E-state index in [-0.39, 0.29) is 12.1 Å². The van der Waals surface area contributed by atoms with E-state index in [1.54, 1.807) is 0 Å². The Balaban J connectivity index is 2.29. The van der Waals surface area contributed by atoms with Gasteiger partial charge in [0.25, 0.3) is 0 Å². The fourth-order valence-corrected chi connectivity index (χ4v) is 2.19. The van der Waals surface area contributed by atoms with Crippen LogP contribution in [0.5, 0.6) is 5.88 Å². The van der Waals surface area contributed by atoms with Crippen LogP contribution in [0.15, 0.2) is 0 Å². The summed E-state index contributed by atoms with van der Waals surface area (Å²) in [6, 6.07) is 0.285. The molecule has 124 valence electrons. The lowest BCUT2D eigenvalue weighted by Gasteiger charge is -2.19. The predicted octanol–water partition coefficient (Wildman–Crippen LogP) is 3.16. The second-order valence-electron chi connectivity index (χ2n) is 6.31. The number of ether oxygens (including phenoxy) is 2. The van der Waals surface area contributed by atoms with E-state index in [9.17, 15) is 0 Å². The molecule has 1 aromatic heterocycles. The number of nitrogens with two attached hydrogens (primary N) is 1.